The fourth-order valence-corrected chi connectivity index (χ4v) is 5.38. The van der Waals surface area contributed by atoms with Gasteiger partial charge in [0.2, 0.25) is 17.7 Å². The average Bonchev–Trinajstić information content (AvgIpc) is 3.51. The van der Waals surface area contributed by atoms with Crippen LogP contribution < -0.4 is 16.0 Å². The minimum atomic E-state index is -0.865. The van der Waals surface area contributed by atoms with E-state index in [9.17, 15) is 19.2 Å². The van der Waals surface area contributed by atoms with Gasteiger partial charge in [-0.2, -0.15) is 10.2 Å². The Morgan fingerprint density at radius 3 is 2.45 bits per heavy atom. The predicted molar refractivity (Wildman–Crippen MR) is 164 cm³/mol. The number of fused-ring (bicyclic) bond motifs is 1. The molecule has 4 rings (SSSR count). The standard InChI is InChI=1S/C30H40ClN9O4/c1-19(2)26-28-33-20(3)36-40(28)18-25(42)32-13-9-15-39(30(44)27-22(31)17-38(4)37-27)14-8-12-24(41)34-23(29(43)35-26)16-21-10-6-5-7-11-21/h5-7,10-11,17,19,23,26H,8-9,12-16,18H2,1-4H3,(H,32,42)(H,34,41)(H,35,43)/t23-,26+/m1/s1. The Hall–Kier alpha value is -4.26. The normalized spacial score (nSPS) is 19.4. The van der Waals surface area contributed by atoms with Gasteiger partial charge < -0.3 is 20.9 Å². The number of nitrogens with one attached hydrogen (secondary N) is 3. The Balaban J connectivity index is 1.61. The summed E-state index contributed by atoms with van der Waals surface area (Å²) in [5.74, 6) is -0.477. The van der Waals surface area contributed by atoms with E-state index in [1.165, 1.54) is 9.36 Å². The van der Waals surface area contributed by atoms with Crippen LogP contribution in [0.3, 0.4) is 0 Å². The van der Waals surface area contributed by atoms with Crippen LogP contribution in [0, 0.1) is 12.8 Å². The Kier molecular flexibility index (Phi) is 11.1. The van der Waals surface area contributed by atoms with Gasteiger partial charge in [0.25, 0.3) is 5.91 Å². The molecule has 3 N–H and O–H groups in total. The lowest BCUT2D eigenvalue weighted by atomic mass is 10.0. The Labute approximate surface area is 261 Å². The van der Waals surface area contributed by atoms with Crippen molar-refractivity contribution in [2.75, 3.05) is 19.6 Å². The molecule has 0 bridgehead atoms. The molecule has 236 valence electrons. The molecule has 0 unspecified atom stereocenters. The quantitative estimate of drug-likeness (QED) is 0.400. The molecule has 0 saturated heterocycles. The van der Waals surface area contributed by atoms with Crippen LogP contribution >= 0.6 is 11.6 Å². The lowest BCUT2D eigenvalue weighted by Gasteiger charge is -2.26. The fourth-order valence-electron chi connectivity index (χ4n) is 5.12. The number of carbonyl (C=O) groups excluding carboxylic acids is 4. The number of rotatable bonds is 4. The smallest absolute Gasteiger partial charge is 0.275 e. The molecule has 1 aliphatic heterocycles. The molecule has 44 heavy (non-hydrogen) atoms. The second-order valence-electron chi connectivity index (χ2n) is 11.3. The third-order valence-electron chi connectivity index (χ3n) is 7.31. The molecule has 0 fully saturated rings. The molecule has 0 radical (unpaired) electrons. The molecule has 3 heterocycles. The van der Waals surface area contributed by atoms with Crippen LogP contribution in [-0.2, 0) is 34.4 Å². The largest absolute Gasteiger partial charge is 0.354 e. The Morgan fingerprint density at radius 1 is 1.05 bits per heavy atom. The van der Waals surface area contributed by atoms with Crippen molar-refractivity contribution >= 4 is 35.2 Å². The number of halogens is 1. The molecule has 2 aromatic heterocycles. The highest BCUT2D eigenvalue weighted by Crippen LogP contribution is 2.21. The molecule has 3 aromatic rings. The van der Waals surface area contributed by atoms with Crippen molar-refractivity contribution in [3.05, 3.63) is 64.5 Å². The van der Waals surface area contributed by atoms with Gasteiger partial charge >= 0.3 is 0 Å². The van der Waals surface area contributed by atoms with E-state index in [4.69, 9.17) is 11.6 Å². The minimum Gasteiger partial charge on any atom is -0.354 e. The fraction of sp³-hybridized carbons (Fsp3) is 0.500. The van der Waals surface area contributed by atoms with Crippen LogP contribution in [0.1, 0.15) is 66.9 Å². The average molecular weight is 626 g/mol. The Bertz CT molecular complexity index is 1470. The van der Waals surface area contributed by atoms with Crippen LogP contribution in [0.4, 0.5) is 0 Å². The van der Waals surface area contributed by atoms with E-state index in [1.807, 2.05) is 44.2 Å². The summed E-state index contributed by atoms with van der Waals surface area (Å²) >= 11 is 6.25. The van der Waals surface area contributed by atoms with Gasteiger partial charge in [0.05, 0.1) is 11.1 Å². The summed E-state index contributed by atoms with van der Waals surface area (Å²) < 4.78 is 2.97. The maximum Gasteiger partial charge on any atom is 0.275 e. The molecule has 1 aliphatic rings. The van der Waals surface area contributed by atoms with Gasteiger partial charge in [0.15, 0.2) is 11.5 Å². The Morgan fingerprint density at radius 2 is 1.77 bits per heavy atom. The van der Waals surface area contributed by atoms with Crippen molar-refractivity contribution in [3.63, 3.8) is 0 Å². The van der Waals surface area contributed by atoms with Crippen molar-refractivity contribution in [2.45, 2.75) is 65.1 Å². The molecule has 0 aliphatic carbocycles. The van der Waals surface area contributed by atoms with Gasteiger partial charge in [-0.3, -0.25) is 23.9 Å². The summed E-state index contributed by atoms with van der Waals surface area (Å²) in [6, 6.07) is 8.02. The first-order valence-electron chi connectivity index (χ1n) is 14.8. The number of amides is 4. The second kappa shape index (κ2) is 15.0. The number of nitrogens with zero attached hydrogens (tertiary/aromatic N) is 6. The second-order valence-corrected chi connectivity index (χ2v) is 11.7. The van der Waals surface area contributed by atoms with Gasteiger partial charge in [-0.1, -0.05) is 55.8 Å². The van der Waals surface area contributed by atoms with E-state index in [1.54, 1.807) is 25.1 Å². The molecule has 13 nitrogen and oxygen atoms in total. The lowest BCUT2D eigenvalue weighted by molar-refractivity contribution is -0.129. The summed E-state index contributed by atoms with van der Waals surface area (Å²) in [6.45, 7) is 6.42. The third kappa shape index (κ3) is 8.65. The molecule has 1 aromatic carbocycles. The van der Waals surface area contributed by atoms with Crippen LogP contribution in [0.25, 0.3) is 0 Å². The van der Waals surface area contributed by atoms with Crippen LogP contribution in [0.2, 0.25) is 5.02 Å². The zero-order chi connectivity index (χ0) is 31.8. The van der Waals surface area contributed by atoms with Crippen molar-refractivity contribution in [2.24, 2.45) is 13.0 Å². The molecule has 2 atom stereocenters. The van der Waals surface area contributed by atoms with Gasteiger partial charge in [-0.15, -0.1) is 0 Å². The molecule has 0 saturated carbocycles. The van der Waals surface area contributed by atoms with E-state index >= 15 is 0 Å². The highest BCUT2D eigenvalue weighted by molar-refractivity contribution is 6.33. The SMILES string of the molecule is Cc1nc2n(n1)CC(=O)NCCCN(C(=O)c1nn(C)cc1Cl)CCCC(=O)N[C@H](Cc1ccccc1)C(=O)N[C@H]2C(C)C. The van der Waals surface area contributed by atoms with Gasteiger partial charge in [-0.05, 0) is 31.2 Å². The van der Waals surface area contributed by atoms with E-state index in [0.717, 1.165) is 5.56 Å². The number of hydrogen-bond acceptors (Lipinski definition) is 7. The molecule has 14 heteroatoms. The number of carbonyl (C=O) groups is 4. The molecular formula is C30H40ClN9O4. The summed E-state index contributed by atoms with van der Waals surface area (Å²) in [6.07, 6.45) is 2.75. The maximum atomic E-state index is 13.7. The number of benzene rings is 1. The molecule has 4 amide bonds. The highest BCUT2D eigenvalue weighted by atomic mass is 35.5. The lowest BCUT2D eigenvalue weighted by Crippen LogP contribution is -2.50. The first-order chi connectivity index (χ1) is 21.0. The third-order valence-corrected chi connectivity index (χ3v) is 7.59. The predicted octanol–water partition coefficient (Wildman–Crippen LogP) is 1.96. The summed E-state index contributed by atoms with van der Waals surface area (Å²) in [7, 11) is 1.68. The first-order valence-corrected chi connectivity index (χ1v) is 15.2. The minimum absolute atomic E-state index is 0.0841. The van der Waals surface area contributed by atoms with Crippen LogP contribution in [0.5, 0.6) is 0 Å². The van der Waals surface area contributed by atoms with Crippen molar-refractivity contribution in [1.29, 1.82) is 0 Å². The molecular weight excluding hydrogens is 586 g/mol. The zero-order valence-electron chi connectivity index (χ0n) is 25.5. The first kappa shape index (κ1) is 32.6. The highest BCUT2D eigenvalue weighted by Gasteiger charge is 2.30. The van der Waals surface area contributed by atoms with Gasteiger partial charge in [-0.25, -0.2) is 9.67 Å². The summed E-state index contributed by atoms with van der Waals surface area (Å²) in [5, 5.41) is 17.7. The van der Waals surface area contributed by atoms with Crippen molar-refractivity contribution in [1.82, 2.24) is 45.4 Å². The van der Waals surface area contributed by atoms with E-state index in [-0.39, 0.29) is 66.2 Å². The monoisotopic (exact) mass is 625 g/mol. The maximum absolute atomic E-state index is 13.7. The topological polar surface area (TPSA) is 156 Å². The van der Waals surface area contributed by atoms with Crippen LogP contribution in [-0.4, -0.2) is 78.7 Å². The van der Waals surface area contributed by atoms with Gasteiger partial charge in [0, 0.05) is 45.7 Å². The number of hydrogen-bond donors (Lipinski definition) is 3. The number of aryl methyl sites for hydroxylation is 2. The summed E-state index contributed by atoms with van der Waals surface area (Å²) in [4.78, 5) is 59.3. The molecule has 0 spiro atoms. The van der Waals surface area contributed by atoms with Crippen LogP contribution in [0.15, 0.2) is 36.5 Å². The number of aromatic nitrogens is 5. The summed E-state index contributed by atoms with van der Waals surface area (Å²) in [5.41, 5.74) is 1.01. The van der Waals surface area contributed by atoms with E-state index in [2.05, 4.69) is 31.1 Å². The van der Waals surface area contributed by atoms with Crippen molar-refractivity contribution < 1.29 is 19.2 Å². The van der Waals surface area contributed by atoms with E-state index in [0.29, 0.717) is 37.6 Å². The van der Waals surface area contributed by atoms with Gasteiger partial charge in [0.1, 0.15) is 18.4 Å². The van der Waals surface area contributed by atoms with Crippen molar-refractivity contribution in [3.8, 4) is 0 Å². The zero-order valence-corrected chi connectivity index (χ0v) is 26.3. The van der Waals surface area contributed by atoms with E-state index < -0.39 is 12.1 Å².